The Morgan fingerprint density at radius 1 is 1.60 bits per heavy atom. The SMILES string of the molecule is CC1CN(CC(=O)Nc2ccc(F)cc2N)CCCO1. The number of hydrogen-bond donors (Lipinski definition) is 2. The fourth-order valence-corrected chi connectivity index (χ4v) is 2.26. The van der Waals surface area contributed by atoms with Crippen molar-refractivity contribution >= 4 is 17.3 Å². The minimum absolute atomic E-state index is 0.126. The number of amides is 1. The first-order chi connectivity index (χ1) is 9.54. The highest BCUT2D eigenvalue weighted by Gasteiger charge is 2.17. The van der Waals surface area contributed by atoms with Gasteiger partial charge in [-0.3, -0.25) is 9.69 Å². The summed E-state index contributed by atoms with van der Waals surface area (Å²) in [5.74, 6) is -0.573. The zero-order valence-electron chi connectivity index (χ0n) is 11.6. The number of nitrogen functional groups attached to an aromatic ring is 1. The summed E-state index contributed by atoms with van der Waals surface area (Å²) in [5.41, 5.74) is 6.33. The molecule has 0 saturated carbocycles. The zero-order valence-corrected chi connectivity index (χ0v) is 11.6. The van der Waals surface area contributed by atoms with Gasteiger partial charge in [0.1, 0.15) is 5.82 Å². The van der Waals surface area contributed by atoms with Crippen LogP contribution in [0.1, 0.15) is 13.3 Å². The smallest absolute Gasteiger partial charge is 0.238 e. The number of halogens is 1. The van der Waals surface area contributed by atoms with Crippen LogP contribution in [0.5, 0.6) is 0 Å². The average Bonchev–Trinajstić information content (AvgIpc) is 2.57. The Hall–Kier alpha value is -1.66. The number of nitrogens with zero attached hydrogens (tertiary/aromatic N) is 1. The normalized spacial score (nSPS) is 20.4. The molecule has 0 aliphatic carbocycles. The van der Waals surface area contributed by atoms with E-state index in [1.165, 1.54) is 18.2 Å². The topological polar surface area (TPSA) is 67.6 Å². The van der Waals surface area contributed by atoms with Crippen molar-refractivity contribution in [3.05, 3.63) is 24.0 Å². The predicted octanol–water partition coefficient (Wildman–Crippen LogP) is 1.46. The first-order valence-corrected chi connectivity index (χ1v) is 6.73. The molecule has 1 atom stereocenters. The highest BCUT2D eigenvalue weighted by atomic mass is 19.1. The van der Waals surface area contributed by atoms with Crippen LogP contribution in [0, 0.1) is 5.82 Å². The average molecular weight is 281 g/mol. The highest BCUT2D eigenvalue weighted by molar-refractivity contribution is 5.95. The number of ether oxygens (including phenoxy) is 1. The van der Waals surface area contributed by atoms with E-state index in [1.807, 2.05) is 11.8 Å². The van der Waals surface area contributed by atoms with Crippen LogP contribution in [0.4, 0.5) is 15.8 Å². The van der Waals surface area contributed by atoms with Crippen molar-refractivity contribution in [2.75, 3.05) is 37.3 Å². The molecule has 1 aliphatic rings. The lowest BCUT2D eigenvalue weighted by molar-refractivity contribution is -0.117. The highest BCUT2D eigenvalue weighted by Crippen LogP contribution is 2.19. The summed E-state index contributed by atoms with van der Waals surface area (Å²) >= 11 is 0. The van der Waals surface area contributed by atoms with Gasteiger partial charge in [0.05, 0.1) is 24.0 Å². The van der Waals surface area contributed by atoms with E-state index in [-0.39, 0.29) is 24.2 Å². The molecule has 1 unspecified atom stereocenters. The van der Waals surface area contributed by atoms with Crippen LogP contribution in [-0.2, 0) is 9.53 Å². The molecule has 0 spiro atoms. The Kier molecular flexibility index (Phi) is 4.92. The molecule has 1 aliphatic heterocycles. The predicted molar refractivity (Wildman–Crippen MR) is 75.9 cm³/mol. The molecule has 0 radical (unpaired) electrons. The van der Waals surface area contributed by atoms with Crippen molar-refractivity contribution in [3.63, 3.8) is 0 Å². The summed E-state index contributed by atoms with van der Waals surface area (Å²) < 4.78 is 18.5. The van der Waals surface area contributed by atoms with Gasteiger partial charge in [-0.15, -0.1) is 0 Å². The molecule has 1 aromatic carbocycles. The molecule has 1 heterocycles. The standard InChI is InChI=1S/C14H20FN3O2/c1-10-8-18(5-2-6-20-10)9-14(19)17-13-4-3-11(15)7-12(13)16/h3-4,7,10H,2,5-6,8-9,16H2,1H3,(H,17,19). The van der Waals surface area contributed by atoms with Crippen molar-refractivity contribution < 1.29 is 13.9 Å². The van der Waals surface area contributed by atoms with Gasteiger partial charge in [0.25, 0.3) is 0 Å². The minimum atomic E-state index is -0.418. The molecule has 1 amide bonds. The zero-order chi connectivity index (χ0) is 14.5. The molecule has 1 saturated heterocycles. The maximum absolute atomic E-state index is 12.9. The number of nitrogens with one attached hydrogen (secondary N) is 1. The largest absolute Gasteiger partial charge is 0.397 e. The number of carbonyl (C=O) groups is 1. The Bertz CT molecular complexity index is 481. The van der Waals surface area contributed by atoms with Crippen molar-refractivity contribution in [2.24, 2.45) is 0 Å². The van der Waals surface area contributed by atoms with E-state index in [4.69, 9.17) is 10.5 Å². The second kappa shape index (κ2) is 6.67. The third-order valence-electron chi connectivity index (χ3n) is 3.19. The van der Waals surface area contributed by atoms with Gasteiger partial charge < -0.3 is 15.8 Å². The maximum atomic E-state index is 12.9. The lowest BCUT2D eigenvalue weighted by Gasteiger charge is -2.21. The number of rotatable bonds is 3. The quantitative estimate of drug-likeness (QED) is 0.823. The fraction of sp³-hybridized carbons (Fsp3) is 0.500. The van der Waals surface area contributed by atoms with Crippen LogP contribution in [-0.4, -0.2) is 43.2 Å². The summed E-state index contributed by atoms with van der Waals surface area (Å²) in [5, 5.41) is 2.71. The van der Waals surface area contributed by atoms with E-state index >= 15 is 0 Å². The van der Waals surface area contributed by atoms with Gasteiger partial charge in [0.15, 0.2) is 0 Å². The molecule has 20 heavy (non-hydrogen) atoms. The molecule has 6 heteroatoms. The third-order valence-corrected chi connectivity index (χ3v) is 3.19. The number of anilines is 2. The van der Waals surface area contributed by atoms with Crippen LogP contribution < -0.4 is 11.1 Å². The van der Waals surface area contributed by atoms with Gasteiger partial charge in [0.2, 0.25) is 5.91 Å². The molecule has 2 rings (SSSR count). The Labute approximate surface area is 117 Å². The van der Waals surface area contributed by atoms with Crippen molar-refractivity contribution in [3.8, 4) is 0 Å². The summed E-state index contributed by atoms with van der Waals surface area (Å²) in [7, 11) is 0. The fourth-order valence-electron chi connectivity index (χ4n) is 2.26. The summed E-state index contributed by atoms with van der Waals surface area (Å²) in [4.78, 5) is 14.0. The van der Waals surface area contributed by atoms with E-state index in [0.717, 1.165) is 26.1 Å². The Balaban J connectivity index is 1.91. The van der Waals surface area contributed by atoms with E-state index < -0.39 is 5.82 Å². The van der Waals surface area contributed by atoms with E-state index in [0.29, 0.717) is 5.69 Å². The van der Waals surface area contributed by atoms with Gasteiger partial charge in [-0.1, -0.05) is 0 Å². The number of benzene rings is 1. The van der Waals surface area contributed by atoms with Gasteiger partial charge in [-0.2, -0.15) is 0 Å². The molecule has 5 nitrogen and oxygen atoms in total. The Morgan fingerprint density at radius 2 is 2.40 bits per heavy atom. The summed E-state index contributed by atoms with van der Waals surface area (Å²) in [6.45, 7) is 4.56. The van der Waals surface area contributed by atoms with Gasteiger partial charge in [-0.25, -0.2) is 4.39 Å². The van der Waals surface area contributed by atoms with Crippen molar-refractivity contribution in [1.29, 1.82) is 0 Å². The first-order valence-electron chi connectivity index (χ1n) is 6.73. The number of carbonyl (C=O) groups excluding carboxylic acids is 1. The van der Waals surface area contributed by atoms with Crippen LogP contribution in [0.25, 0.3) is 0 Å². The van der Waals surface area contributed by atoms with Crippen LogP contribution >= 0.6 is 0 Å². The monoisotopic (exact) mass is 281 g/mol. The molecular formula is C14H20FN3O2. The van der Waals surface area contributed by atoms with Crippen LogP contribution in [0.3, 0.4) is 0 Å². The number of hydrogen-bond acceptors (Lipinski definition) is 4. The second-order valence-electron chi connectivity index (χ2n) is 5.05. The Morgan fingerprint density at radius 3 is 3.15 bits per heavy atom. The van der Waals surface area contributed by atoms with Crippen LogP contribution in [0.2, 0.25) is 0 Å². The van der Waals surface area contributed by atoms with Gasteiger partial charge in [-0.05, 0) is 31.5 Å². The van der Waals surface area contributed by atoms with E-state index in [2.05, 4.69) is 5.32 Å². The molecule has 1 aromatic rings. The molecule has 3 N–H and O–H groups in total. The van der Waals surface area contributed by atoms with Gasteiger partial charge in [0, 0.05) is 19.7 Å². The lowest BCUT2D eigenvalue weighted by atomic mass is 10.2. The van der Waals surface area contributed by atoms with E-state index in [1.54, 1.807) is 0 Å². The first kappa shape index (κ1) is 14.7. The van der Waals surface area contributed by atoms with Crippen molar-refractivity contribution in [2.45, 2.75) is 19.4 Å². The lowest BCUT2D eigenvalue weighted by Crippen LogP contribution is -2.37. The minimum Gasteiger partial charge on any atom is -0.397 e. The van der Waals surface area contributed by atoms with Crippen LogP contribution in [0.15, 0.2) is 18.2 Å². The second-order valence-corrected chi connectivity index (χ2v) is 5.05. The molecular weight excluding hydrogens is 261 g/mol. The summed E-state index contributed by atoms with van der Waals surface area (Å²) in [6, 6.07) is 3.93. The van der Waals surface area contributed by atoms with E-state index in [9.17, 15) is 9.18 Å². The van der Waals surface area contributed by atoms with Gasteiger partial charge >= 0.3 is 0 Å². The molecule has 0 bridgehead atoms. The molecule has 0 aromatic heterocycles. The summed E-state index contributed by atoms with van der Waals surface area (Å²) in [6.07, 6.45) is 1.04. The maximum Gasteiger partial charge on any atom is 0.238 e. The third kappa shape index (κ3) is 4.18. The molecule has 110 valence electrons. The number of nitrogens with two attached hydrogens (primary N) is 1. The van der Waals surface area contributed by atoms with Crippen molar-refractivity contribution in [1.82, 2.24) is 4.90 Å². The molecule has 1 fully saturated rings.